The maximum Gasteiger partial charge on any atom is 0.222 e. The fourth-order valence-electron chi connectivity index (χ4n) is 1.28. The van der Waals surface area contributed by atoms with E-state index in [9.17, 15) is 0 Å². The molecule has 2 rings (SSSR count). The lowest BCUT2D eigenvalue weighted by Crippen LogP contribution is -2.51. The molecule has 2 heterocycles. The van der Waals surface area contributed by atoms with E-state index in [0.29, 0.717) is 12.0 Å². The van der Waals surface area contributed by atoms with Gasteiger partial charge in [-0.3, -0.25) is 0 Å². The van der Waals surface area contributed by atoms with E-state index in [2.05, 4.69) is 34.4 Å². The van der Waals surface area contributed by atoms with Crippen molar-refractivity contribution >= 4 is 5.95 Å². The van der Waals surface area contributed by atoms with Crippen LogP contribution in [0.15, 0.2) is 12.4 Å². The zero-order valence-electron chi connectivity index (χ0n) is 8.62. The highest BCUT2D eigenvalue weighted by molar-refractivity contribution is 5.28. The molecule has 0 bridgehead atoms. The van der Waals surface area contributed by atoms with E-state index < -0.39 is 0 Å². The van der Waals surface area contributed by atoms with Gasteiger partial charge in [0.05, 0.1) is 6.04 Å². The van der Waals surface area contributed by atoms with Crippen LogP contribution in [0.1, 0.15) is 25.3 Å². The molecule has 1 fully saturated rings. The average Bonchev–Trinajstić information content (AvgIpc) is 2.12. The predicted octanol–water partition coefficient (Wildman–Crippen LogP) is 0.984. The summed E-state index contributed by atoms with van der Waals surface area (Å²) in [5, 5.41) is 6.45. The SMILES string of the molecule is CC(C)c1cnc(NC2CNC2)nc1. The second kappa shape index (κ2) is 3.92. The van der Waals surface area contributed by atoms with Crippen molar-refractivity contribution in [2.75, 3.05) is 18.4 Å². The Kier molecular flexibility index (Phi) is 2.63. The van der Waals surface area contributed by atoms with Gasteiger partial charge in [-0.1, -0.05) is 13.8 Å². The zero-order valence-corrected chi connectivity index (χ0v) is 8.62. The zero-order chi connectivity index (χ0) is 9.97. The van der Waals surface area contributed by atoms with Crippen LogP contribution in [0.5, 0.6) is 0 Å². The van der Waals surface area contributed by atoms with Crippen molar-refractivity contribution < 1.29 is 0 Å². The van der Waals surface area contributed by atoms with Crippen LogP contribution < -0.4 is 10.6 Å². The van der Waals surface area contributed by atoms with Crippen LogP contribution in [0, 0.1) is 0 Å². The minimum atomic E-state index is 0.495. The quantitative estimate of drug-likeness (QED) is 0.749. The molecular formula is C10H16N4. The predicted molar refractivity (Wildman–Crippen MR) is 56.4 cm³/mol. The van der Waals surface area contributed by atoms with E-state index in [0.717, 1.165) is 19.0 Å². The summed E-state index contributed by atoms with van der Waals surface area (Å²) in [7, 11) is 0. The summed E-state index contributed by atoms with van der Waals surface area (Å²) in [6.45, 7) is 6.30. The Morgan fingerprint density at radius 1 is 1.36 bits per heavy atom. The van der Waals surface area contributed by atoms with Crippen LogP contribution in [0.2, 0.25) is 0 Å². The van der Waals surface area contributed by atoms with Gasteiger partial charge in [-0.2, -0.15) is 0 Å². The second-order valence-corrected chi connectivity index (χ2v) is 3.99. The first kappa shape index (κ1) is 9.40. The number of nitrogens with one attached hydrogen (secondary N) is 2. The van der Waals surface area contributed by atoms with E-state index >= 15 is 0 Å². The second-order valence-electron chi connectivity index (χ2n) is 3.99. The Morgan fingerprint density at radius 3 is 2.43 bits per heavy atom. The Morgan fingerprint density at radius 2 is 2.00 bits per heavy atom. The fraction of sp³-hybridized carbons (Fsp3) is 0.600. The lowest BCUT2D eigenvalue weighted by Gasteiger charge is -2.27. The topological polar surface area (TPSA) is 49.8 Å². The maximum atomic E-state index is 4.27. The third-order valence-corrected chi connectivity index (χ3v) is 2.45. The van der Waals surface area contributed by atoms with Crippen molar-refractivity contribution in [1.29, 1.82) is 0 Å². The summed E-state index contributed by atoms with van der Waals surface area (Å²) >= 11 is 0. The molecule has 1 aliphatic heterocycles. The van der Waals surface area contributed by atoms with Gasteiger partial charge in [-0.15, -0.1) is 0 Å². The highest BCUT2D eigenvalue weighted by Gasteiger charge is 2.16. The Bertz CT molecular complexity index is 289. The van der Waals surface area contributed by atoms with Gasteiger partial charge in [0.25, 0.3) is 0 Å². The number of rotatable bonds is 3. The van der Waals surface area contributed by atoms with Gasteiger partial charge >= 0.3 is 0 Å². The first-order chi connectivity index (χ1) is 6.75. The van der Waals surface area contributed by atoms with Crippen LogP contribution in [-0.4, -0.2) is 29.1 Å². The summed E-state index contributed by atoms with van der Waals surface area (Å²) in [5.74, 6) is 1.23. The van der Waals surface area contributed by atoms with E-state index in [4.69, 9.17) is 0 Å². The molecule has 4 heteroatoms. The van der Waals surface area contributed by atoms with Gasteiger partial charge < -0.3 is 10.6 Å². The van der Waals surface area contributed by atoms with Gasteiger partial charge in [0, 0.05) is 25.5 Å². The Hall–Kier alpha value is -1.16. The molecule has 2 N–H and O–H groups in total. The number of hydrogen-bond acceptors (Lipinski definition) is 4. The number of nitrogens with zero attached hydrogens (tertiary/aromatic N) is 2. The average molecular weight is 192 g/mol. The van der Waals surface area contributed by atoms with Crippen LogP contribution in [0.3, 0.4) is 0 Å². The van der Waals surface area contributed by atoms with E-state index in [-0.39, 0.29) is 0 Å². The molecule has 14 heavy (non-hydrogen) atoms. The molecule has 1 saturated heterocycles. The standard InChI is InChI=1S/C10H16N4/c1-7(2)8-3-12-10(13-4-8)14-9-5-11-6-9/h3-4,7,9,11H,5-6H2,1-2H3,(H,12,13,14). The summed E-state index contributed by atoms with van der Waals surface area (Å²) in [6, 6.07) is 0.500. The monoisotopic (exact) mass is 192 g/mol. The van der Waals surface area contributed by atoms with Gasteiger partial charge in [0.15, 0.2) is 0 Å². The Labute approximate surface area is 84.2 Å². The fourth-order valence-corrected chi connectivity index (χ4v) is 1.28. The first-order valence-corrected chi connectivity index (χ1v) is 5.05. The third kappa shape index (κ3) is 2.01. The smallest absolute Gasteiger partial charge is 0.222 e. The molecule has 1 aromatic heterocycles. The molecule has 0 amide bonds. The van der Waals surface area contributed by atoms with Crippen molar-refractivity contribution in [3.05, 3.63) is 18.0 Å². The van der Waals surface area contributed by atoms with E-state index in [1.54, 1.807) is 0 Å². The number of hydrogen-bond donors (Lipinski definition) is 2. The molecule has 1 aliphatic rings. The number of aromatic nitrogens is 2. The minimum absolute atomic E-state index is 0.495. The molecule has 0 saturated carbocycles. The van der Waals surface area contributed by atoms with Crippen molar-refractivity contribution in [1.82, 2.24) is 15.3 Å². The summed E-state index contributed by atoms with van der Waals surface area (Å²) in [4.78, 5) is 8.54. The molecule has 76 valence electrons. The lowest BCUT2D eigenvalue weighted by atomic mass is 10.1. The molecule has 0 atom stereocenters. The number of anilines is 1. The van der Waals surface area contributed by atoms with Gasteiger partial charge in [-0.25, -0.2) is 9.97 Å². The van der Waals surface area contributed by atoms with Crippen LogP contribution in [-0.2, 0) is 0 Å². The molecule has 0 aromatic carbocycles. The molecule has 0 aliphatic carbocycles. The molecular weight excluding hydrogens is 176 g/mol. The minimum Gasteiger partial charge on any atom is -0.349 e. The van der Waals surface area contributed by atoms with Gasteiger partial charge in [0.2, 0.25) is 5.95 Å². The van der Waals surface area contributed by atoms with Crippen molar-refractivity contribution in [3.8, 4) is 0 Å². The summed E-state index contributed by atoms with van der Waals surface area (Å²) in [5.41, 5.74) is 1.18. The highest BCUT2D eigenvalue weighted by atomic mass is 15.2. The largest absolute Gasteiger partial charge is 0.349 e. The maximum absolute atomic E-state index is 4.27. The van der Waals surface area contributed by atoms with Gasteiger partial charge in [0.1, 0.15) is 0 Å². The highest BCUT2D eigenvalue weighted by Crippen LogP contribution is 2.12. The molecule has 0 unspecified atom stereocenters. The summed E-state index contributed by atoms with van der Waals surface area (Å²) in [6.07, 6.45) is 3.79. The third-order valence-electron chi connectivity index (χ3n) is 2.45. The van der Waals surface area contributed by atoms with E-state index in [1.165, 1.54) is 5.56 Å². The Balaban J connectivity index is 1.98. The molecule has 1 aromatic rings. The lowest BCUT2D eigenvalue weighted by molar-refractivity contribution is 0.469. The normalized spacial score (nSPS) is 16.8. The summed E-state index contributed by atoms with van der Waals surface area (Å²) < 4.78 is 0. The molecule has 0 radical (unpaired) electrons. The van der Waals surface area contributed by atoms with Crippen molar-refractivity contribution in [3.63, 3.8) is 0 Å². The van der Waals surface area contributed by atoms with Gasteiger partial charge in [-0.05, 0) is 11.5 Å². The van der Waals surface area contributed by atoms with Crippen LogP contribution in [0.25, 0.3) is 0 Å². The molecule has 0 spiro atoms. The van der Waals surface area contributed by atoms with Crippen LogP contribution in [0.4, 0.5) is 5.95 Å². The first-order valence-electron chi connectivity index (χ1n) is 5.05. The van der Waals surface area contributed by atoms with E-state index in [1.807, 2.05) is 12.4 Å². The van der Waals surface area contributed by atoms with Crippen molar-refractivity contribution in [2.45, 2.75) is 25.8 Å². The molecule has 4 nitrogen and oxygen atoms in total. The van der Waals surface area contributed by atoms with Crippen LogP contribution >= 0.6 is 0 Å². The van der Waals surface area contributed by atoms with Crippen molar-refractivity contribution in [2.24, 2.45) is 0 Å².